The van der Waals surface area contributed by atoms with Crippen molar-refractivity contribution in [2.45, 2.75) is 20.0 Å². The van der Waals surface area contributed by atoms with Crippen LogP contribution in [0.3, 0.4) is 0 Å². The molecular weight excluding hydrogens is 397 g/mol. The number of para-hydroxylation sites is 1. The third-order valence-corrected chi connectivity index (χ3v) is 6.62. The molecule has 3 aromatic carbocycles. The molecule has 0 unspecified atom stereocenters. The van der Waals surface area contributed by atoms with E-state index in [1.54, 1.807) is 7.11 Å². The monoisotopic (exact) mass is 425 g/mol. The van der Waals surface area contributed by atoms with E-state index in [9.17, 15) is 4.57 Å². The maximum atomic E-state index is 12.8. The number of nitrogens with zero attached hydrogens (tertiary/aromatic N) is 1. The fraction of sp³-hybridized carbons (Fsp3) is 0.250. The highest BCUT2D eigenvalue weighted by molar-refractivity contribution is 7.53. The summed E-state index contributed by atoms with van der Waals surface area (Å²) < 4.78 is 29.0. The Morgan fingerprint density at radius 1 is 0.733 bits per heavy atom. The molecule has 0 saturated heterocycles. The molecule has 0 saturated carbocycles. The van der Waals surface area contributed by atoms with Gasteiger partial charge < -0.3 is 18.7 Å². The lowest BCUT2D eigenvalue weighted by Crippen LogP contribution is -2.09. The summed E-state index contributed by atoms with van der Waals surface area (Å²) in [5.41, 5.74) is 3.97. The van der Waals surface area contributed by atoms with Crippen LogP contribution in [0.2, 0.25) is 0 Å². The van der Waals surface area contributed by atoms with Gasteiger partial charge in [-0.25, -0.2) is 0 Å². The molecule has 0 bridgehead atoms. The summed E-state index contributed by atoms with van der Waals surface area (Å²) in [7, 11) is -1.47. The molecule has 0 atom stereocenters. The highest BCUT2D eigenvalue weighted by Crippen LogP contribution is 2.51. The van der Waals surface area contributed by atoms with Crippen LogP contribution in [0.5, 0.6) is 5.75 Å². The van der Waals surface area contributed by atoms with Gasteiger partial charge in [-0.05, 0) is 67.9 Å². The molecular formula is C24H28NO4P. The molecule has 3 aromatic rings. The van der Waals surface area contributed by atoms with Gasteiger partial charge >= 0.3 is 7.60 Å². The summed E-state index contributed by atoms with van der Waals surface area (Å²) in [6.07, 6.45) is 0.253. The summed E-state index contributed by atoms with van der Waals surface area (Å²) in [4.78, 5) is 2.16. The molecule has 0 aromatic heterocycles. The van der Waals surface area contributed by atoms with Crippen LogP contribution in [0.15, 0.2) is 78.9 Å². The van der Waals surface area contributed by atoms with E-state index >= 15 is 0 Å². The summed E-state index contributed by atoms with van der Waals surface area (Å²) >= 11 is 0. The van der Waals surface area contributed by atoms with E-state index in [2.05, 4.69) is 17.0 Å². The van der Waals surface area contributed by atoms with Gasteiger partial charge in [0.1, 0.15) is 5.75 Å². The first kappa shape index (κ1) is 22.1. The van der Waals surface area contributed by atoms with Gasteiger partial charge in [-0.1, -0.05) is 30.3 Å². The zero-order chi connectivity index (χ0) is 21.4. The third kappa shape index (κ3) is 5.51. The van der Waals surface area contributed by atoms with Crippen LogP contribution in [0, 0.1) is 0 Å². The summed E-state index contributed by atoms with van der Waals surface area (Å²) in [6, 6.07) is 26.1. The Morgan fingerprint density at radius 3 is 1.73 bits per heavy atom. The molecule has 0 amide bonds. The summed E-state index contributed by atoms with van der Waals surface area (Å²) in [5.74, 6) is 0.810. The largest absolute Gasteiger partial charge is 0.497 e. The lowest BCUT2D eigenvalue weighted by Gasteiger charge is -2.26. The van der Waals surface area contributed by atoms with Crippen LogP contribution in [-0.4, -0.2) is 20.3 Å². The van der Waals surface area contributed by atoms with Crippen LogP contribution < -0.4 is 9.64 Å². The first-order chi connectivity index (χ1) is 14.6. The maximum absolute atomic E-state index is 12.8. The van der Waals surface area contributed by atoms with Crippen LogP contribution >= 0.6 is 7.60 Å². The first-order valence-corrected chi connectivity index (χ1v) is 11.8. The van der Waals surface area contributed by atoms with Gasteiger partial charge in [-0.3, -0.25) is 4.57 Å². The number of benzene rings is 3. The second kappa shape index (κ2) is 10.4. The van der Waals surface area contributed by atoms with Gasteiger partial charge in [-0.2, -0.15) is 0 Å². The van der Waals surface area contributed by atoms with Crippen molar-refractivity contribution in [1.82, 2.24) is 0 Å². The summed E-state index contributed by atoms with van der Waals surface area (Å²) in [5, 5.41) is 0. The Kier molecular flexibility index (Phi) is 7.69. The van der Waals surface area contributed by atoms with Crippen molar-refractivity contribution in [3.63, 3.8) is 0 Å². The number of methoxy groups -OCH3 is 1. The minimum Gasteiger partial charge on any atom is -0.497 e. The molecule has 3 rings (SSSR count). The molecule has 5 nitrogen and oxygen atoms in total. The SMILES string of the molecule is CCOP(=O)(Cc1ccc(N(c2ccccc2)c2ccc(OC)cc2)cc1)OCC. The number of rotatable bonds is 10. The second-order valence-electron chi connectivity index (χ2n) is 6.64. The molecule has 6 heteroatoms. The van der Waals surface area contributed by atoms with Gasteiger partial charge in [0.2, 0.25) is 0 Å². The van der Waals surface area contributed by atoms with E-state index in [4.69, 9.17) is 13.8 Å². The predicted octanol–water partition coefficient (Wildman–Crippen LogP) is 6.93. The van der Waals surface area contributed by atoms with Crippen LogP contribution in [0.25, 0.3) is 0 Å². The van der Waals surface area contributed by atoms with Crippen molar-refractivity contribution >= 4 is 24.7 Å². The Bertz CT molecular complexity index is 949. The van der Waals surface area contributed by atoms with E-state index in [0.717, 1.165) is 28.4 Å². The van der Waals surface area contributed by atoms with E-state index in [0.29, 0.717) is 13.2 Å². The smallest absolute Gasteiger partial charge is 0.335 e. The molecule has 0 radical (unpaired) electrons. The van der Waals surface area contributed by atoms with Gasteiger partial charge in [0.05, 0.1) is 26.5 Å². The fourth-order valence-corrected chi connectivity index (χ4v) is 4.95. The van der Waals surface area contributed by atoms with E-state index in [1.807, 2.05) is 80.6 Å². The minimum atomic E-state index is -3.13. The zero-order valence-corrected chi connectivity index (χ0v) is 18.5. The van der Waals surface area contributed by atoms with Gasteiger partial charge in [0.15, 0.2) is 0 Å². The van der Waals surface area contributed by atoms with Crippen LogP contribution in [0.4, 0.5) is 17.1 Å². The lowest BCUT2D eigenvalue weighted by molar-refractivity contribution is 0.219. The average Bonchev–Trinajstić information content (AvgIpc) is 2.77. The fourth-order valence-electron chi connectivity index (χ4n) is 3.25. The van der Waals surface area contributed by atoms with Gasteiger partial charge in [-0.15, -0.1) is 0 Å². The van der Waals surface area contributed by atoms with Crippen molar-refractivity contribution in [2.75, 3.05) is 25.2 Å². The molecule has 0 aliphatic heterocycles. The van der Waals surface area contributed by atoms with Crippen LogP contribution in [0.1, 0.15) is 19.4 Å². The van der Waals surface area contributed by atoms with E-state index in [1.165, 1.54) is 0 Å². The predicted molar refractivity (Wildman–Crippen MR) is 122 cm³/mol. The Balaban J connectivity index is 1.91. The van der Waals surface area contributed by atoms with Gasteiger partial charge in [0, 0.05) is 17.1 Å². The lowest BCUT2D eigenvalue weighted by atomic mass is 10.1. The highest BCUT2D eigenvalue weighted by atomic mass is 31.2. The zero-order valence-electron chi connectivity index (χ0n) is 17.7. The molecule has 0 fully saturated rings. The van der Waals surface area contributed by atoms with Crippen molar-refractivity contribution < 1.29 is 18.3 Å². The Labute approximate surface area is 178 Å². The number of anilines is 3. The quantitative estimate of drug-likeness (QED) is 0.330. The number of ether oxygens (including phenoxy) is 1. The average molecular weight is 425 g/mol. The number of hydrogen-bond acceptors (Lipinski definition) is 5. The van der Waals surface area contributed by atoms with Crippen LogP contribution in [-0.2, 0) is 19.8 Å². The normalized spacial score (nSPS) is 11.3. The number of hydrogen-bond donors (Lipinski definition) is 0. The summed E-state index contributed by atoms with van der Waals surface area (Å²) in [6.45, 7) is 4.35. The molecule has 30 heavy (non-hydrogen) atoms. The standard InChI is InChI=1S/C24H28NO4P/c1-4-28-30(26,29-5-2)19-20-11-13-22(14-12-20)25(21-9-7-6-8-10-21)23-15-17-24(27-3)18-16-23/h6-18H,4-5,19H2,1-3H3. The molecule has 0 spiro atoms. The van der Waals surface area contributed by atoms with Crippen molar-refractivity contribution in [3.8, 4) is 5.75 Å². The minimum absolute atomic E-state index is 0.253. The topological polar surface area (TPSA) is 48.0 Å². The molecule has 158 valence electrons. The van der Waals surface area contributed by atoms with E-state index < -0.39 is 7.60 Å². The van der Waals surface area contributed by atoms with Crippen molar-refractivity contribution in [1.29, 1.82) is 0 Å². The van der Waals surface area contributed by atoms with Crippen molar-refractivity contribution in [3.05, 3.63) is 84.4 Å². The molecule has 0 N–H and O–H groups in total. The maximum Gasteiger partial charge on any atom is 0.335 e. The molecule has 0 aliphatic rings. The highest BCUT2D eigenvalue weighted by Gasteiger charge is 2.24. The Morgan fingerprint density at radius 2 is 1.23 bits per heavy atom. The Hall–Kier alpha value is -2.59. The molecule has 0 aliphatic carbocycles. The second-order valence-corrected chi connectivity index (χ2v) is 8.69. The van der Waals surface area contributed by atoms with Gasteiger partial charge in [0.25, 0.3) is 0 Å². The molecule has 0 heterocycles. The van der Waals surface area contributed by atoms with E-state index in [-0.39, 0.29) is 6.16 Å². The van der Waals surface area contributed by atoms with Crippen molar-refractivity contribution in [2.24, 2.45) is 0 Å². The third-order valence-electron chi connectivity index (χ3n) is 4.57. The first-order valence-electron chi connectivity index (χ1n) is 10.0.